The van der Waals surface area contributed by atoms with Crippen molar-refractivity contribution in [3.63, 3.8) is 0 Å². The molecule has 1 atom stereocenters. The second kappa shape index (κ2) is 8.44. The van der Waals surface area contributed by atoms with Gasteiger partial charge in [-0.1, -0.05) is 19.9 Å². The quantitative estimate of drug-likeness (QED) is 0.760. The zero-order valence-corrected chi connectivity index (χ0v) is 13.3. The van der Waals surface area contributed by atoms with E-state index in [2.05, 4.69) is 5.32 Å². The Labute approximate surface area is 125 Å². The standard InChI is InChI=1S/C15H23F2NO2S/c1-3-10-18-14(9-6-11-21(19,20)4-2)15-12(16)7-5-8-13(15)17/h5,7-8,14,18H,3-4,6,9-11H2,1-2H3. The lowest BCUT2D eigenvalue weighted by atomic mass is 10.0. The first-order valence-corrected chi connectivity index (χ1v) is 9.11. The smallest absolute Gasteiger partial charge is 0.150 e. The third kappa shape index (κ3) is 5.71. The first-order chi connectivity index (χ1) is 9.91. The molecule has 0 aliphatic rings. The Morgan fingerprint density at radius 2 is 1.81 bits per heavy atom. The predicted molar refractivity (Wildman–Crippen MR) is 81.0 cm³/mol. The number of sulfone groups is 1. The van der Waals surface area contributed by atoms with Gasteiger partial charge in [0.1, 0.15) is 21.5 Å². The van der Waals surface area contributed by atoms with E-state index in [1.165, 1.54) is 18.2 Å². The fraction of sp³-hybridized carbons (Fsp3) is 0.600. The maximum Gasteiger partial charge on any atom is 0.150 e. The molecule has 0 saturated carbocycles. The highest BCUT2D eigenvalue weighted by atomic mass is 32.2. The minimum Gasteiger partial charge on any atom is -0.310 e. The molecular weight excluding hydrogens is 296 g/mol. The van der Waals surface area contributed by atoms with Crippen LogP contribution in [0.25, 0.3) is 0 Å². The van der Waals surface area contributed by atoms with Gasteiger partial charge in [-0.2, -0.15) is 0 Å². The molecule has 0 aliphatic carbocycles. The molecule has 0 fully saturated rings. The highest BCUT2D eigenvalue weighted by Gasteiger charge is 2.20. The van der Waals surface area contributed by atoms with Crippen molar-refractivity contribution >= 4 is 9.84 Å². The van der Waals surface area contributed by atoms with Crippen molar-refractivity contribution in [2.75, 3.05) is 18.1 Å². The average molecular weight is 319 g/mol. The average Bonchev–Trinajstić information content (AvgIpc) is 2.43. The molecule has 0 amide bonds. The monoisotopic (exact) mass is 319 g/mol. The van der Waals surface area contributed by atoms with Gasteiger partial charge < -0.3 is 5.32 Å². The Morgan fingerprint density at radius 3 is 2.33 bits per heavy atom. The first kappa shape index (κ1) is 18.0. The maximum atomic E-state index is 13.9. The van der Waals surface area contributed by atoms with Crippen molar-refractivity contribution in [3.05, 3.63) is 35.4 Å². The van der Waals surface area contributed by atoms with E-state index < -0.39 is 27.5 Å². The van der Waals surface area contributed by atoms with Crippen LogP contribution in [0, 0.1) is 11.6 Å². The van der Waals surface area contributed by atoms with E-state index >= 15 is 0 Å². The molecule has 1 N–H and O–H groups in total. The van der Waals surface area contributed by atoms with Gasteiger partial charge in [-0.25, -0.2) is 17.2 Å². The Bertz CT molecular complexity index is 526. The summed E-state index contributed by atoms with van der Waals surface area (Å²) in [6.07, 6.45) is 1.60. The summed E-state index contributed by atoms with van der Waals surface area (Å²) in [5.74, 6) is -1.05. The number of hydrogen-bond donors (Lipinski definition) is 1. The van der Waals surface area contributed by atoms with Crippen molar-refractivity contribution in [1.29, 1.82) is 0 Å². The molecule has 0 saturated heterocycles. The molecule has 0 radical (unpaired) electrons. The van der Waals surface area contributed by atoms with Crippen LogP contribution in [0.1, 0.15) is 44.7 Å². The van der Waals surface area contributed by atoms with Gasteiger partial charge in [0, 0.05) is 17.4 Å². The molecule has 0 aromatic heterocycles. The summed E-state index contributed by atoms with van der Waals surface area (Å²) < 4.78 is 50.7. The summed E-state index contributed by atoms with van der Waals surface area (Å²) in [5, 5.41) is 3.10. The van der Waals surface area contributed by atoms with Crippen LogP contribution in [0.2, 0.25) is 0 Å². The molecule has 120 valence electrons. The van der Waals surface area contributed by atoms with Crippen LogP contribution >= 0.6 is 0 Å². The highest BCUT2D eigenvalue weighted by molar-refractivity contribution is 7.91. The van der Waals surface area contributed by atoms with E-state index in [9.17, 15) is 17.2 Å². The van der Waals surface area contributed by atoms with Gasteiger partial charge in [-0.3, -0.25) is 0 Å². The van der Waals surface area contributed by atoms with Crippen LogP contribution in [0.5, 0.6) is 0 Å². The molecule has 6 heteroatoms. The summed E-state index contributed by atoms with van der Waals surface area (Å²) >= 11 is 0. The molecule has 0 heterocycles. The molecule has 3 nitrogen and oxygen atoms in total. The molecule has 1 aromatic carbocycles. The highest BCUT2D eigenvalue weighted by Crippen LogP contribution is 2.25. The fourth-order valence-corrected chi connectivity index (χ4v) is 3.06. The molecule has 0 aliphatic heterocycles. The largest absolute Gasteiger partial charge is 0.310 e. The van der Waals surface area contributed by atoms with E-state index in [1.54, 1.807) is 6.92 Å². The van der Waals surface area contributed by atoms with E-state index in [1.807, 2.05) is 6.92 Å². The topological polar surface area (TPSA) is 46.2 Å². The molecule has 1 aromatic rings. The second-order valence-electron chi connectivity index (χ2n) is 5.02. The van der Waals surface area contributed by atoms with Gasteiger partial charge >= 0.3 is 0 Å². The molecule has 1 rings (SSSR count). The molecular formula is C15H23F2NO2S. The number of benzene rings is 1. The SMILES string of the molecule is CCCNC(CCCS(=O)(=O)CC)c1c(F)cccc1F. The van der Waals surface area contributed by atoms with E-state index in [0.29, 0.717) is 19.4 Å². The normalized spacial score (nSPS) is 13.3. The van der Waals surface area contributed by atoms with Crippen LogP contribution in [0.3, 0.4) is 0 Å². The predicted octanol–water partition coefficient (Wildman–Crippen LogP) is 3.22. The minimum absolute atomic E-state index is 0.000142. The summed E-state index contributed by atoms with van der Waals surface area (Å²) in [6, 6.07) is 3.27. The Morgan fingerprint density at radius 1 is 1.19 bits per heavy atom. The number of nitrogens with one attached hydrogen (secondary N) is 1. The van der Waals surface area contributed by atoms with E-state index in [-0.39, 0.29) is 17.1 Å². The van der Waals surface area contributed by atoms with Crippen molar-refractivity contribution in [2.45, 2.75) is 39.2 Å². The van der Waals surface area contributed by atoms with Crippen LogP contribution in [0.15, 0.2) is 18.2 Å². The van der Waals surface area contributed by atoms with Crippen LogP contribution in [-0.2, 0) is 9.84 Å². The number of rotatable bonds is 9. The second-order valence-corrected chi connectivity index (χ2v) is 7.49. The van der Waals surface area contributed by atoms with Gasteiger partial charge in [0.2, 0.25) is 0 Å². The van der Waals surface area contributed by atoms with Crippen molar-refractivity contribution in [2.24, 2.45) is 0 Å². The van der Waals surface area contributed by atoms with Gasteiger partial charge in [0.15, 0.2) is 0 Å². The van der Waals surface area contributed by atoms with Gasteiger partial charge in [0.25, 0.3) is 0 Å². The minimum atomic E-state index is -3.05. The van der Waals surface area contributed by atoms with Gasteiger partial charge in [-0.05, 0) is 37.9 Å². The first-order valence-electron chi connectivity index (χ1n) is 7.29. The van der Waals surface area contributed by atoms with Crippen molar-refractivity contribution in [3.8, 4) is 0 Å². The Kier molecular flexibility index (Phi) is 7.25. The summed E-state index contributed by atoms with van der Waals surface area (Å²) in [5.41, 5.74) is -0.000142. The van der Waals surface area contributed by atoms with Crippen molar-refractivity contribution < 1.29 is 17.2 Å². The van der Waals surface area contributed by atoms with Crippen molar-refractivity contribution in [1.82, 2.24) is 5.32 Å². The zero-order valence-electron chi connectivity index (χ0n) is 12.5. The van der Waals surface area contributed by atoms with Gasteiger partial charge in [-0.15, -0.1) is 0 Å². The summed E-state index contributed by atoms with van der Waals surface area (Å²) in [7, 11) is -3.05. The van der Waals surface area contributed by atoms with Crippen LogP contribution < -0.4 is 5.32 Å². The maximum absolute atomic E-state index is 13.9. The zero-order chi connectivity index (χ0) is 15.9. The van der Waals surface area contributed by atoms with Crippen LogP contribution in [0.4, 0.5) is 8.78 Å². The third-order valence-corrected chi connectivity index (χ3v) is 5.17. The third-order valence-electron chi connectivity index (χ3n) is 3.38. The molecule has 21 heavy (non-hydrogen) atoms. The lowest BCUT2D eigenvalue weighted by Gasteiger charge is -2.20. The van der Waals surface area contributed by atoms with E-state index in [0.717, 1.165) is 6.42 Å². The van der Waals surface area contributed by atoms with E-state index in [4.69, 9.17) is 0 Å². The molecule has 0 spiro atoms. The Balaban J connectivity index is 2.81. The number of hydrogen-bond acceptors (Lipinski definition) is 3. The number of halogens is 2. The fourth-order valence-electron chi connectivity index (χ4n) is 2.16. The summed E-state index contributed by atoms with van der Waals surface area (Å²) in [6.45, 7) is 4.18. The molecule has 0 bridgehead atoms. The lowest BCUT2D eigenvalue weighted by Crippen LogP contribution is -2.25. The Hall–Kier alpha value is -1.01. The summed E-state index contributed by atoms with van der Waals surface area (Å²) in [4.78, 5) is 0. The van der Waals surface area contributed by atoms with Gasteiger partial charge in [0.05, 0.1) is 5.75 Å². The molecule has 1 unspecified atom stereocenters. The lowest BCUT2D eigenvalue weighted by molar-refractivity contribution is 0.442. The van der Waals surface area contributed by atoms with Crippen LogP contribution in [-0.4, -0.2) is 26.5 Å².